The number of thiophene rings is 1. The van der Waals surface area contributed by atoms with Gasteiger partial charge in [0.2, 0.25) is 5.89 Å². The Morgan fingerprint density at radius 3 is 2.86 bits per heavy atom. The second-order valence-electron chi connectivity index (χ2n) is 4.90. The Labute approximate surface area is 129 Å². The molecule has 0 bridgehead atoms. The van der Waals surface area contributed by atoms with Gasteiger partial charge in [-0.05, 0) is 31.7 Å². The second-order valence-corrected chi connectivity index (χ2v) is 5.93. The molecule has 0 saturated carbocycles. The van der Waals surface area contributed by atoms with Gasteiger partial charge in [-0.15, -0.1) is 11.3 Å². The zero-order valence-electron chi connectivity index (χ0n) is 13.0. The number of guanidine groups is 1. The van der Waals surface area contributed by atoms with Crippen molar-refractivity contribution in [3.63, 3.8) is 0 Å². The van der Waals surface area contributed by atoms with Crippen molar-refractivity contribution in [3.05, 3.63) is 39.7 Å². The monoisotopic (exact) mass is 306 g/mol. The fraction of sp³-hybridized carbons (Fsp3) is 0.467. The van der Waals surface area contributed by atoms with Gasteiger partial charge < -0.3 is 14.6 Å². The molecule has 0 atom stereocenters. The molecule has 6 heteroatoms. The minimum atomic E-state index is 0.546. The summed E-state index contributed by atoms with van der Waals surface area (Å²) in [5.74, 6) is 2.41. The molecule has 0 aliphatic rings. The van der Waals surface area contributed by atoms with E-state index in [1.165, 1.54) is 4.88 Å². The van der Waals surface area contributed by atoms with Gasteiger partial charge in [0.25, 0.3) is 0 Å². The summed E-state index contributed by atoms with van der Waals surface area (Å²) < 4.78 is 5.56. The molecular weight excluding hydrogens is 284 g/mol. The Hall–Kier alpha value is -1.82. The Morgan fingerprint density at radius 1 is 1.48 bits per heavy atom. The molecule has 21 heavy (non-hydrogen) atoms. The summed E-state index contributed by atoms with van der Waals surface area (Å²) in [4.78, 5) is 12.2. The molecule has 2 rings (SSSR count). The number of likely N-dealkylation sites (N-methyl/N-ethyl adjacent to an activating group) is 1. The largest absolute Gasteiger partial charge is 0.444 e. The van der Waals surface area contributed by atoms with Crippen LogP contribution in [0.4, 0.5) is 0 Å². The topological polar surface area (TPSA) is 53.7 Å². The third kappa shape index (κ3) is 4.32. The van der Waals surface area contributed by atoms with Gasteiger partial charge in [0.05, 0.1) is 12.2 Å². The van der Waals surface area contributed by atoms with Crippen molar-refractivity contribution in [2.45, 2.75) is 26.8 Å². The van der Waals surface area contributed by atoms with Gasteiger partial charge in [-0.25, -0.2) is 4.98 Å². The van der Waals surface area contributed by atoms with Crippen LogP contribution in [0, 0.1) is 13.8 Å². The zero-order valence-corrected chi connectivity index (χ0v) is 13.8. The van der Waals surface area contributed by atoms with E-state index in [9.17, 15) is 0 Å². The molecule has 2 heterocycles. The molecule has 0 radical (unpaired) electrons. The Bertz CT molecular complexity index is 569. The Kier molecular flexibility index (Phi) is 5.38. The first-order chi connectivity index (χ1) is 10.1. The predicted octanol–water partition coefficient (Wildman–Crippen LogP) is 2.60. The number of aliphatic imine (C=N–C) groups is 1. The first-order valence-electron chi connectivity index (χ1n) is 6.97. The molecular formula is C15H22N4OS. The third-order valence-electron chi connectivity index (χ3n) is 3.32. The minimum Gasteiger partial charge on any atom is -0.444 e. The average Bonchev–Trinajstić information content (AvgIpc) is 3.08. The molecule has 0 aromatic carbocycles. The summed E-state index contributed by atoms with van der Waals surface area (Å²) >= 11 is 1.79. The van der Waals surface area contributed by atoms with E-state index in [0.717, 1.165) is 30.4 Å². The number of nitrogens with zero attached hydrogens (tertiary/aromatic N) is 3. The molecule has 2 aromatic rings. The van der Waals surface area contributed by atoms with Gasteiger partial charge in [-0.3, -0.25) is 4.99 Å². The van der Waals surface area contributed by atoms with Crippen LogP contribution in [0.3, 0.4) is 0 Å². The summed E-state index contributed by atoms with van der Waals surface area (Å²) in [6, 6.07) is 4.24. The fourth-order valence-electron chi connectivity index (χ4n) is 1.99. The van der Waals surface area contributed by atoms with Crippen molar-refractivity contribution >= 4 is 17.3 Å². The van der Waals surface area contributed by atoms with Crippen LogP contribution < -0.4 is 5.32 Å². The van der Waals surface area contributed by atoms with Gasteiger partial charge in [-0.1, -0.05) is 6.07 Å². The molecule has 0 spiro atoms. The Morgan fingerprint density at radius 2 is 2.29 bits per heavy atom. The van der Waals surface area contributed by atoms with Crippen molar-refractivity contribution in [1.29, 1.82) is 0 Å². The van der Waals surface area contributed by atoms with Crippen molar-refractivity contribution in [1.82, 2.24) is 15.2 Å². The lowest BCUT2D eigenvalue weighted by molar-refractivity contribution is 0.446. The first-order valence-corrected chi connectivity index (χ1v) is 7.85. The summed E-state index contributed by atoms with van der Waals surface area (Å²) in [6.07, 6.45) is 1.02. The lowest BCUT2D eigenvalue weighted by Gasteiger charge is -2.21. The van der Waals surface area contributed by atoms with Crippen LogP contribution >= 0.6 is 11.3 Å². The average molecular weight is 306 g/mol. The van der Waals surface area contributed by atoms with E-state index in [1.54, 1.807) is 18.4 Å². The number of aromatic nitrogens is 1. The number of hydrogen-bond donors (Lipinski definition) is 1. The van der Waals surface area contributed by atoms with Crippen LogP contribution in [0.5, 0.6) is 0 Å². The van der Waals surface area contributed by atoms with Gasteiger partial charge >= 0.3 is 0 Å². The highest BCUT2D eigenvalue weighted by atomic mass is 32.1. The number of nitrogens with one attached hydrogen (secondary N) is 1. The SMILES string of the molecule is CN=C(NCc1nc(C)c(C)o1)N(C)CCc1cccs1. The zero-order chi connectivity index (χ0) is 15.2. The van der Waals surface area contributed by atoms with E-state index in [4.69, 9.17) is 4.42 Å². The highest BCUT2D eigenvalue weighted by Crippen LogP contribution is 2.10. The summed E-state index contributed by atoms with van der Waals surface area (Å²) in [7, 11) is 3.82. The lowest BCUT2D eigenvalue weighted by atomic mass is 10.3. The van der Waals surface area contributed by atoms with Crippen LogP contribution in [-0.2, 0) is 13.0 Å². The predicted molar refractivity (Wildman–Crippen MR) is 86.8 cm³/mol. The van der Waals surface area contributed by atoms with E-state index in [0.29, 0.717) is 12.4 Å². The minimum absolute atomic E-state index is 0.546. The van der Waals surface area contributed by atoms with Crippen LogP contribution in [0.15, 0.2) is 26.9 Å². The van der Waals surface area contributed by atoms with Gasteiger partial charge in [0.15, 0.2) is 5.96 Å². The van der Waals surface area contributed by atoms with Crippen LogP contribution in [0.25, 0.3) is 0 Å². The molecule has 2 aromatic heterocycles. The van der Waals surface area contributed by atoms with Crippen LogP contribution in [0.2, 0.25) is 0 Å². The van der Waals surface area contributed by atoms with Crippen molar-refractivity contribution in [3.8, 4) is 0 Å². The standard InChI is InChI=1S/C15H22N4OS/c1-11-12(2)20-14(18-11)10-17-15(16-3)19(4)8-7-13-6-5-9-21-13/h5-6,9H,7-8,10H2,1-4H3,(H,16,17). The van der Waals surface area contributed by atoms with E-state index in [2.05, 4.69) is 37.7 Å². The first kappa shape index (κ1) is 15.6. The number of oxazole rings is 1. The summed E-state index contributed by atoms with van der Waals surface area (Å²) in [5.41, 5.74) is 0.938. The van der Waals surface area contributed by atoms with E-state index >= 15 is 0 Å². The molecule has 114 valence electrons. The van der Waals surface area contributed by atoms with Crippen LogP contribution in [-0.4, -0.2) is 36.5 Å². The maximum atomic E-state index is 5.56. The van der Waals surface area contributed by atoms with Gasteiger partial charge in [-0.2, -0.15) is 0 Å². The highest BCUT2D eigenvalue weighted by molar-refractivity contribution is 7.09. The molecule has 0 aliphatic carbocycles. The molecule has 0 fully saturated rings. The van der Waals surface area contributed by atoms with Gasteiger partial charge in [0.1, 0.15) is 5.76 Å². The number of aryl methyl sites for hydroxylation is 2. The molecule has 0 unspecified atom stereocenters. The molecule has 0 aliphatic heterocycles. The van der Waals surface area contributed by atoms with E-state index in [-0.39, 0.29) is 0 Å². The number of rotatable bonds is 5. The molecule has 1 N–H and O–H groups in total. The third-order valence-corrected chi connectivity index (χ3v) is 4.25. The quantitative estimate of drug-likeness (QED) is 0.681. The molecule has 0 amide bonds. The summed E-state index contributed by atoms with van der Waals surface area (Å²) in [5, 5.41) is 5.39. The second kappa shape index (κ2) is 7.26. The smallest absolute Gasteiger partial charge is 0.214 e. The Balaban J connectivity index is 1.84. The molecule has 5 nitrogen and oxygen atoms in total. The molecule has 0 saturated heterocycles. The normalized spacial score (nSPS) is 11.7. The number of hydrogen-bond acceptors (Lipinski definition) is 4. The highest BCUT2D eigenvalue weighted by Gasteiger charge is 2.09. The van der Waals surface area contributed by atoms with E-state index < -0.39 is 0 Å². The maximum Gasteiger partial charge on any atom is 0.214 e. The van der Waals surface area contributed by atoms with Crippen molar-refractivity contribution in [2.75, 3.05) is 20.6 Å². The van der Waals surface area contributed by atoms with Crippen LogP contribution in [0.1, 0.15) is 22.2 Å². The fourth-order valence-corrected chi connectivity index (χ4v) is 2.69. The van der Waals surface area contributed by atoms with Crippen molar-refractivity contribution in [2.24, 2.45) is 4.99 Å². The maximum absolute atomic E-state index is 5.56. The van der Waals surface area contributed by atoms with E-state index in [1.807, 2.05) is 20.9 Å². The lowest BCUT2D eigenvalue weighted by Crippen LogP contribution is -2.39. The summed E-state index contributed by atoms with van der Waals surface area (Å²) in [6.45, 7) is 5.34. The van der Waals surface area contributed by atoms with Gasteiger partial charge in [0, 0.05) is 25.5 Å². The van der Waals surface area contributed by atoms with Crippen molar-refractivity contribution < 1.29 is 4.42 Å².